The van der Waals surface area contributed by atoms with E-state index in [1.165, 1.54) is 30.5 Å². The van der Waals surface area contributed by atoms with Crippen LogP contribution in [0.15, 0.2) is 130 Å². The molecule has 20 heteroatoms. The van der Waals surface area contributed by atoms with Crippen molar-refractivity contribution in [2.24, 2.45) is 5.92 Å². The highest BCUT2D eigenvalue weighted by Gasteiger charge is 2.48. The van der Waals surface area contributed by atoms with Gasteiger partial charge in [0.15, 0.2) is 9.84 Å². The lowest BCUT2D eigenvalue weighted by atomic mass is 9.97. The van der Waals surface area contributed by atoms with Crippen LogP contribution >= 0.6 is 30.7 Å². The van der Waals surface area contributed by atoms with E-state index in [1.807, 2.05) is 79.1 Å². The summed E-state index contributed by atoms with van der Waals surface area (Å²) < 4.78 is 136. The normalized spacial score (nSPS) is 16.5. The van der Waals surface area contributed by atoms with E-state index in [2.05, 4.69) is 14.7 Å². The molecule has 0 aliphatic carbocycles. The van der Waals surface area contributed by atoms with Gasteiger partial charge in [-0.25, -0.2) is 21.2 Å². The van der Waals surface area contributed by atoms with Gasteiger partial charge < -0.3 is 28.9 Å². The number of likely N-dealkylation sites (tertiary alicyclic amines) is 1. The molecule has 8 rings (SSSR count). The Hall–Kier alpha value is -4.65. The number of rotatable bonds is 20. The van der Waals surface area contributed by atoms with Crippen LogP contribution in [0.25, 0.3) is 22.4 Å². The zero-order valence-electron chi connectivity index (χ0n) is 43.8. The van der Waals surface area contributed by atoms with E-state index < -0.39 is 43.3 Å². The molecule has 2 fully saturated rings. The Morgan fingerprint density at radius 3 is 2.05 bits per heavy atom. The number of alkyl halides is 3. The minimum atomic E-state index is -5.89. The van der Waals surface area contributed by atoms with Gasteiger partial charge in [0.1, 0.15) is 5.82 Å². The van der Waals surface area contributed by atoms with Crippen LogP contribution in [0.3, 0.4) is 0 Å². The van der Waals surface area contributed by atoms with Gasteiger partial charge in [0.25, 0.3) is 9.84 Å². The van der Waals surface area contributed by atoms with Gasteiger partial charge in [-0.3, -0.25) is 4.57 Å². The molecule has 0 radical (unpaired) electrons. The highest BCUT2D eigenvalue weighted by Crippen LogP contribution is 2.51. The SMILES string of the molecule is CCO[P@](=O)(Cc1ccc(N2CCN(c3cc(F)cc(-c4c(S(C)(=O)=O)c(C)n(C(C)C)c4-c4ccc(Cl)cc4)c3)CC2)cc1)c1ccc(C[C@H](CCN2CCC(O)CC2)CSc2ccccc2)c(S(=O)(=O)C(F)(F)F)c1. The van der Waals surface area contributed by atoms with Crippen LogP contribution < -0.4 is 15.1 Å². The number of hydrogen-bond acceptors (Lipinski definition) is 11. The monoisotopic (exact) mass is 1160 g/mol. The highest BCUT2D eigenvalue weighted by molar-refractivity contribution is 7.99. The van der Waals surface area contributed by atoms with Crippen molar-refractivity contribution < 1.29 is 48.6 Å². The van der Waals surface area contributed by atoms with Gasteiger partial charge in [-0.2, -0.15) is 13.2 Å². The van der Waals surface area contributed by atoms with Crippen molar-refractivity contribution in [3.05, 3.63) is 143 Å². The van der Waals surface area contributed by atoms with E-state index in [0.717, 1.165) is 22.2 Å². The van der Waals surface area contributed by atoms with E-state index in [9.17, 15) is 39.7 Å². The number of aliphatic hydroxyl groups excluding tert-OH is 1. The van der Waals surface area contributed by atoms with Gasteiger partial charge in [0.2, 0.25) is 7.37 Å². The first-order valence-electron chi connectivity index (χ1n) is 25.8. The number of anilines is 2. The Morgan fingerprint density at radius 2 is 1.45 bits per heavy atom. The average Bonchev–Trinajstić information content (AvgIpc) is 3.81. The number of benzene rings is 5. The standard InChI is InChI=1S/C57H66ClF4N4O7PS3/c1-6-73-74(68,51-21-16-44(53(36-51)77(71,72)57(60,61)62)32-42(38-75-52-10-8-7-9-11-52)22-25-63-26-23-50(67)24-27-63)37-41-12-19-48(20-13-41)64-28-30-65(31-29-64)49-34-45(33-47(59)35-49)54-55(43-14-17-46(58)18-15-43)66(39(2)3)40(4)56(54)76(5,69)70/h7-21,33-36,39,42,50,67H,6,22-32,37-38H2,1-5H3/t42-,74+/m0/s1. The largest absolute Gasteiger partial charge is 0.501 e. The van der Waals surface area contributed by atoms with Crippen molar-refractivity contribution in [1.82, 2.24) is 9.47 Å². The Bertz CT molecular complexity index is 3300. The first-order valence-corrected chi connectivity index (χ1v) is 32.4. The maximum atomic E-state index is 15.8. The molecule has 2 saturated heterocycles. The lowest BCUT2D eigenvalue weighted by molar-refractivity contribution is -0.0436. The van der Waals surface area contributed by atoms with Gasteiger partial charge in [0.05, 0.1) is 34.4 Å². The zero-order valence-corrected chi connectivity index (χ0v) is 47.9. The minimum Gasteiger partial charge on any atom is -0.393 e. The van der Waals surface area contributed by atoms with Crippen molar-refractivity contribution in [2.45, 2.75) is 91.9 Å². The summed E-state index contributed by atoms with van der Waals surface area (Å²) in [4.78, 5) is 6.59. The number of piperazine rings is 1. The van der Waals surface area contributed by atoms with Gasteiger partial charge in [0, 0.05) is 95.2 Å². The Balaban J connectivity index is 1.01. The molecule has 77 heavy (non-hydrogen) atoms. The van der Waals surface area contributed by atoms with E-state index in [-0.39, 0.29) is 53.0 Å². The smallest absolute Gasteiger partial charge is 0.393 e. The van der Waals surface area contributed by atoms with Crippen LogP contribution in [0.5, 0.6) is 0 Å². The molecule has 1 N–H and O–H groups in total. The molecule has 0 bridgehead atoms. The zero-order chi connectivity index (χ0) is 55.5. The van der Waals surface area contributed by atoms with Gasteiger partial charge in [-0.05, 0) is 155 Å². The highest BCUT2D eigenvalue weighted by atomic mass is 35.5. The van der Waals surface area contributed by atoms with Crippen LogP contribution in [-0.2, 0) is 41.3 Å². The summed E-state index contributed by atoms with van der Waals surface area (Å²) in [7, 11) is -13.7. The van der Waals surface area contributed by atoms with E-state index in [1.54, 1.807) is 49.9 Å². The van der Waals surface area contributed by atoms with Crippen LogP contribution in [0.1, 0.15) is 62.9 Å². The topological polar surface area (TPSA) is 129 Å². The van der Waals surface area contributed by atoms with E-state index in [4.69, 9.17) is 16.1 Å². The second kappa shape index (κ2) is 24.4. The summed E-state index contributed by atoms with van der Waals surface area (Å²) in [6.07, 6.45) is 2.47. The number of hydrogen-bond donors (Lipinski definition) is 1. The van der Waals surface area contributed by atoms with Crippen molar-refractivity contribution >= 4 is 67.1 Å². The number of sulfone groups is 2. The molecule has 1 aromatic heterocycles. The average molecular weight is 1160 g/mol. The number of nitrogens with zero attached hydrogens (tertiary/aromatic N) is 4. The third kappa shape index (κ3) is 13.7. The molecule has 0 spiro atoms. The van der Waals surface area contributed by atoms with Crippen LogP contribution in [0.4, 0.5) is 28.9 Å². The Kier molecular flexibility index (Phi) is 18.5. The number of piperidine rings is 1. The molecule has 2 atom stereocenters. The first-order chi connectivity index (χ1) is 36.4. The van der Waals surface area contributed by atoms with E-state index in [0.29, 0.717) is 110 Å². The summed E-state index contributed by atoms with van der Waals surface area (Å²) in [5.74, 6) is -0.226. The van der Waals surface area contributed by atoms with Crippen molar-refractivity contribution in [1.29, 1.82) is 0 Å². The van der Waals surface area contributed by atoms with Crippen molar-refractivity contribution in [3.8, 4) is 22.4 Å². The van der Waals surface area contributed by atoms with Crippen molar-refractivity contribution in [3.63, 3.8) is 0 Å². The second-order valence-electron chi connectivity index (χ2n) is 20.3. The molecule has 2 aliphatic rings. The predicted octanol–water partition coefficient (Wildman–Crippen LogP) is 12.5. The first kappa shape index (κ1) is 58.5. The predicted molar refractivity (Wildman–Crippen MR) is 302 cm³/mol. The fraction of sp³-hybridized carbons (Fsp3) is 0.404. The summed E-state index contributed by atoms with van der Waals surface area (Å²) in [6.45, 7) is 11.4. The second-order valence-corrected chi connectivity index (χ2v) is 28.1. The molecule has 2 aliphatic heterocycles. The molecule has 3 heterocycles. The molecular weight excluding hydrogens is 1090 g/mol. The molecule has 0 unspecified atom stereocenters. The fourth-order valence-electron chi connectivity index (χ4n) is 10.6. The van der Waals surface area contributed by atoms with Gasteiger partial charge in [-0.15, -0.1) is 11.8 Å². The molecule has 5 aromatic carbocycles. The van der Waals surface area contributed by atoms with E-state index >= 15 is 4.39 Å². The molecule has 0 saturated carbocycles. The molecule has 6 aromatic rings. The quantitative estimate of drug-likeness (QED) is 0.0445. The lowest BCUT2D eigenvalue weighted by Crippen LogP contribution is -2.46. The van der Waals surface area contributed by atoms with Crippen LogP contribution in [0, 0.1) is 18.7 Å². The summed E-state index contributed by atoms with van der Waals surface area (Å²) in [5.41, 5.74) is -0.861. The summed E-state index contributed by atoms with van der Waals surface area (Å²) >= 11 is 7.81. The number of thioether (sulfide) groups is 1. The van der Waals surface area contributed by atoms with Gasteiger partial charge in [-0.1, -0.05) is 60.1 Å². The molecule has 0 amide bonds. The third-order valence-electron chi connectivity index (χ3n) is 14.4. The molecular formula is C57H66ClF4N4O7PS3. The summed E-state index contributed by atoms with van der Waals surface area (Å²) in [5, 5.41) is 10.4. The molecule has 11 nitrogen and oxygen atoms in total. The van der Waals surface area contributed by atoms with Crippen molar-refractivity contribution in [2.75, 3.05) is 74.2 Å². The van der Waals surface area contributed by atoms with Gasteiger partial charge >= 0.3 is 5.51 Å². The Morgan fingerprint density at radius 1 is 0.818 bits per heavy atom. The maximum absolute atomic E-state index is 15.8. The summed E-state index contributed by atoms with van der Waals surface area (Å²) in [6, 6.07) is 32.2. The fourth-order valence-corrected chi connectivity index (χ4v) is 16.3. The maximum Gasteiger partial charge on any atom is 0.501 e. The van der Waals surface area contributed by atoms with Crippen LogP contribution in [-0.4, -0.2) is 107 Å². The number of halogens is 5. The minimum absolute atomic E-state index is 0.00931. The number of aliphatic hydroxyl groups is 1. The molecule has 414 valence electrons. The lowest BCUT2D eigenvalue weighted by Gasteiger charge is -2.37. The third-order valence-corrected chi connectivity index (χ3v) is 21.3. The van der Waals surface area contributed by atoms with Crippen LogP contribution in [0.2, 0.25) is 5.02 Å². The Labute approximate surface area is 459 Å². The number of aromatic nitrogens is 1.